The summed E-state index contributed by atoms with van der Waals surface area (Å²) in [6, 6.07) is 7.00. The highest BCUT2D eigenvalue weighted by atomic mass is 32.2. The summed E-state index contributed by atoms with van der Waals surface area (Å²) in [4.78, 5) is 12.8. The van der Waals surface area contributed by atoms with Crippen LogP contribution in [-0.4, -0.2) is 43.8 Å². The molecule has 6 nitrogen and oxygen atoms in total. The minimum absolute atomic E-state index is 0.0838. The van der Waals surface area contributed by atoms with E-state index in [0.717, 1.165) is 12.2 Å². The summed E-state index contributed by atoms with van der Waals surface area (Å²) < 4.78 is 17.9. The van der Waals surface area contributed by atoms with Crippen LogP contribution < -0.4 is 19.5 Å². The first-order valence-electron chi connectivity index (χ1n) is 7.86. The molecule has 0 aliphatic carbocycles. The molecule has 0 saturated heterocycles. The fourth-order valence-electron chi connectivity index (χ4n) is 2.58. The van der Waals surface area contributed by atoms with Gasteiger partial charge in [-0.3, -0.25) is 4.79 Å². The van der Waals surface area contributed by atoms with E-state index < -0.39 is 0 Å². The number of amides is 1. The number of ether oxygens (including phenoxy) is 3. The molecule has 1 atom stereocenters. The predicted molar refractivity (Wildman–Crippen MR) is 101 cm³/mol. The molecular weight excluding hydrogens is 340 g/mol. The van der Waals surface area contributed by atoms with Crippen LogP contribution in [0.25, 0.3) is 0 Å². The highest BCUT2D eigenvalue weighted by Gasteiger charge is 2.21. The second-order valence-electron chi connectivity index (χ2n) is 5.33. The summed E-state index contributed by atoms with van der Waals surface area (Å²) in [5.41, 5.74) is 0.598. The third-order valence-electron chi connectivity index (χ3n) is 3.82. The normalized spacial score (nSPS) is 11.7. The van der Waals surface area contributed by atoms with E-state index in [1.54, 1.807) is 45.2 Å². The molecule has 25 heavy (non-hydrogen) atoms. The summed E-state index contributed by atoms with van der Waals surface area (Å²) in [7, 11) is 4.64. The van der Waals surface area contributed by atoms with Gasteiger partial charge in [-0.25, -0.2) is 0 Å². The molecular formula is C18H24N2O4S. The van der Waals surface area contributed by atoms with Crippen LogP contribution in [0.2, 0.25) is 0 Å². The van der Waals surface area contributed by atoms with Crippen LogP contribution in [0.15, 0.2) is 36.7 Å². The topological polar surface area (TPSA) is 61.7 Å². The van der Waals surface area contributed by atoms with Gasteiger partial charge in [-0.2, -0.15) is 11.8 Å². The maximum Gasteiger partial charge on any atom is 0.247 e. The lowest BCUT2D eigenvalue weighted by atomic mass is 10.2. The Hall–Kier alpha value is -2.28. The second kappa shape index (κ2) is 9.27. The Morgan fingerprint density at radius 1 is 1.12 bits per heavy atom. The highest BCUT2D eigenvalue weighted by Crippen LogP contribution is 2.40. The van der Waals surface area contributed by atoms with E-state index in [4.69, 9.17) is 14.2 Å². The number of nitrogens with one attached hydrogen (secondary N) is 1. The standard InChI is InChI=1S/C18H24N2O4S/c1-22-15-11-13(12-16(23-2)17(15)24-3)19-18(21)14(7-10-25-4)20-8-5-6-9-20/h5-6,8-9,11-12,14H,7,10H2,1-4H3,(H,19,21)/t14-/m1/s1. The fourth-order valence-corrected chi connectivity index (χ4v) is 3.04. The van der Waals surface area contributed by atoms with Gasteiger partial charge in [-0.15, -0.1) is 0 Å². The third-order valence-corrected chi connectivity index (χ3v) is 4.46. The van der Waals surface area contributed by atoms with E-state index in [9.17, 15) is 4.79 Å². The van der Waals surface area contributed by atoms with Gasteiger partial charge in [0.1, 0.15) is 6.04 Å². The zero-order chi connectivity index (χ0) is 18.2. The number of rotatable bonds is 9. The molecule has 1 N–H and O–H groups in total. The number of methoxy groups -OCH3 is 3. The third kappa shape index (κ3) is 4.63. The van der Waals surface area contributed by atoms with Crippen molar-refractivity contribution in [3.8, 4) is 17.2 Å². The predicted octanol–water partition coefficient (Wildman–Crippen LogP) is 3.45. The highest BCUT2D eigenvalue weighted by molar-refractivity contribution is 7.98. The van der Waals surface area contributed by atoms with Crippen LogP contribution in [0.3, 0.4) is 0 Å². The van der Waals surface area contributed by atoms with Crippen molar-refractivity contribution >= 4 is 23.4 Å². The first kappa shape index (κ1) is 19.1. The summed E-state index contributed by atoms with van der Waals surface area (Å²) in [6.07, 6.45) is 6.58. The first-order chi connectivity index (χ1) is 12.1. The van der Waals surface area contributed by atoms with Crippen molar-refractivity contribution in [2.24, 2.45) is 0 Å². The van der Waals surface area contributed by atoms with Gasteiger partial charge in [0.25, 0.3) is 0 Å². The van der Waals surface area contributed by atoms with Crippen LogP contribution in [-0.2, 0) is 4.79 Å². The lowest BCUT2D eigenvalue weighted by molar-refractivity contribution is -0.119. The van der Waals surface area contributed by atoms with Gasteiger partial charge in [-0.05, 0) is 30.6 Å². The molecule has 1 aromatic carbocycles. The van der Waals surface area contributed by atoms with Crippen molar-refractivity contribution in [2.45, 2.75) is 12.5 Å². The van der Waals surface area contributed by atoms with E-state index in [-0.39, 0.29) is 11.9 Å². The van der Waals surface area contributed by atoms with Gasteiger partial charge < -0.3 is 24.1 Å². The van der Waals surface area contributed by atoms with Crippen LogP contribution >= 0.6 is 11.8 Å². The average molecular weight is 364 g/mol. The Labute approximate surface area is 152 Å². The second-order valence-corrected chi connectivity index (χ2v) is 6.32. The number of nitrogens with zero attached hydrogens (tertiary/aromatic N) is 1. The fraction of sp³-hybridized carbons (Fsp3) is 0.389. The number of carbonyl (C=O) groups excluding carboxylic acids is 1. The minimum Gasteiger partial charge on any atom is -0.493 e. The molecule has 0 fully saturated rings. The number of thioether (sulfide) groups is 1. The molecule has 2 rings (SSSR count). The Morgan fingerprint density at radius 3 is 2.20 bits per heavy atom. The molecule has 0 unspecified atom stereocenters. The van der Waals surface area contributed by atoms with E-state index in [2.05, 4.69) is 5.32 Å². The van der Waals surface area contributed by atoms with Crippen molar-refractivity contribution in [1.82, 2.24) is 4.57 Å². The molecule has 136 valence electrons. The van der Waals surface area contributed by atoms with Crippen molar-refractivity contribution < 1.29 is 19.0 Å². The number of hydrogen-bond donors (Lipinski definition) is 1. The zero-order valence-corrected chi connectivity index (χ0v) is 15.8. The number of hydrogen-bond acceptors (Lipinski definition) is 5. The maximum absolute atomic E-state index is 12.8. The largest absolute Gasteiger partial charge is 0.493 e. The van der Waals surface area contributed by atoms with Gasteiger partial charge in [-0.1, -0.05) is 0 Å². The van der Waals surface area contributed by atoms with Crippen molar-refractivity contribution in [1.29, 1.82) is 0 Å². The van der Waals surface area contributed by atoms with Gasteiger partial charge in [0.05, 0.1) is 21.3 Å². The first-order valence-corrected chi connectivity index (χ1v) is 9.26. The van der Waals surface area contributed by atoms with Crippen molar-refractivity contribution in [3.05, 3.63) is 36.7 Å². The number of aromatic nitrogens is 1. The van der Waals surface area contributed by atoms with Crippen molar-refractivity contribution in [3.63, 3.8) is 0 Å². The molecule has 0 spiro atoms. The minimum atomic E-state index is -0.276. The Morgan fingerprint density at radius 2 is 1.72 bits per heavy atom. The van der Waals surface area contributed by atoms with E-state index in [0.29, 0.717) is 22.9 Å². The molecule has 0 radical (unpaired) electrons. The average Bonchev–Trinajstić information content (AvgIpc) is 3.15. The zero-order valence-electron chi connectivity index (χ0n) is 14.9. The lowest BCUT2D eigenvalue weighted by Crippen LogP contribution is -2.26. The molecule has 0 aliphatic rings. The number of anilines is 1. The molecule has 1 heterocycles. The lowest BCUT2D eigenvalue weighted by Gasteiger charge is -2.19. The molecule has 0 aliphatic heterocycles. The molecule has 7 heteroatoms. The maximum atomic E-state index is 12.8. The SMILES string of the molecule is COc1cc(NC(=O)[C@@H](CCSC)n2cccc2)cc(OC)c1OC. The van der Waals surface area contributed by atoms with E-state index >= 15 is 0 Å². The van der Waals surface area contributed by atoms with Crippen LogP contribution in [0.4, 0.5) is 5.69 Å². The number of benzene rings is 1. The quantitative estimate of drug-likeness (QED) is 0.738. The number of carbonyl (C=O) groups is 1. The summed E-state index contributed by atoms with van der Waals surface area (Å²) in [5, 5.41) is 2.96. The Kier molecular flexibility index (Phi) is 7.06. The molecule has 0 bridgehead atoms. The van der Waals surface area contributed by atoms with Gasteiger partial charge in [0, 0.05) is 30.2 Å². The van der Waals surface area contributed by atoms with Crippen LogP contribution in [0, 0.1) is 0 Å². The molecule has 1 amide bonds. The Bertz CT molecular complexity index is 663. The monoisotopic (exact) mass is 364 g/mol. The summed E-state index contributed by atoms with van der Waals surface area (Å²) in [5.74, 6) is 2.30. The van der Waals surface area contributed by atoms with Crippen LogP contribution in [0.5, 0.6) is 17.2 Å². The summed E-state index contributed by atoms with van der Waals surface area (Å²) >= 11 is 1.72. The Balaban J connectivity index is 2.25. The van der Waals surface area contributed by atoms with E-state index in [1.165, 1.54) is 0 Å². The van der Waals surface area contributed by atoms with Gasteiger partial charge in [0.2, 0.25) is 11.7 Å². The van der Waals surface area contributed by atoms with Crippen LogP contribution in [0.1, 0.15) is 12.5 Å². The molecule has 2 aromatic rings. The smallest absolute Gasteiger partial charge is 0.247 e. The van der Waals surface area contributed by atoms with Gasteiger partial charge >= 0.3 is 0 Å². The summed E-state index contributed by atoms with van der Waals surface area (Å²) in [6.45, 7) is 0. The molecule has 0 saturated carbocycles. The molecule has 1 aromatic heterocycles. The van der Waals surface area contributed by atoms with Gasteiger partial charge in [0.15, 0.2) is 11.5 Å². The van der Waals surface area contributed by atoms with Crippen molar-refractivity contribution in [2.75, 3.05) is 38.7 Å². The van der Waals surface area contributed by atoms with E-state index in [1.807, 2.05) is 35.3 Å².